The molecule has 3 unspecified atom stereocenters. The zero-order valence-corrected chi connectivity index (χ0v) is 25.8. The summed E-state index contributed by atoms with van der Waals surface area (Å²) in [6, 6.07) is 0. The highest BCUT2D eigenvalue weighted by Crippen LogP contribution is 2.44. The highest BCUT2D eigenvalue weighted by atomic mass is 16.1. The molecule has 3 atom stereocenters. The van der Waals surface area contributed by atoms with Crippen molar-refractivity contribution in [2.75, 3.05) is 0 Å². The van der Waals surface area contributed by atoms with Gasteiger partial charge in [0.05, 0.1) is 22.5 Å². The maximum atomic E-state index is 13.0. The molecule has 4 aliphatic rings. The zero-order chi connectivity index (χ0) is 30.0. The van der Waals surface area contributed by atoms with Crippen molar-refractivity contribution in [1.82, 2.24) is 9.13 Å². The molecule has 0 saturated carbocycles. The molecule has 0 fully saturated rings. The molecule has 42 heavy (non-hydrogen) atoms. The minimum absolute atomic E-state index is 0.0953. The van der Waals surface area contributed by atoms with Gasteiger partial charge in [-0.3, -0.25) is 9.79 Å². The van der Waals surface area contributed by atoms with E-state index in [2.05, 4.69) is 82.4 Å². The van der Waals surface area contributed by atoms with E-state index in [9.17, 15) is 9.59 Å². The lowest BCUT2D eigenvalue weighted by Gasteiger charge is -2.26. The van der Waals surface area contributed by atoms with Crippen LogP contribution in [-0.4, -0.2) is 33.1 Å². The molecule has 0 amide bonds. The van der Waals surface area contributed by atoms with Crippen molar-refractivity contribution in [1.29, 1.82) is 0 Å². The van der Waals surface area contributed by atoms with E-state index in [1.165, 1.54) is 11.1 Å². The topological polar surface area (TPSA) is 68.7 Å². The number of aldehydes is 2. The van der Waals surface area contributed by atoms with Crippen molar-refractivity contribution in [3.05, 3.63) is 73.5 Å². The van der Waals surface area contributed by atoms with E-state index in [4.69, 9.17) is 9.98 Å². The summed E-state index contributed by atoms with van der Waals surface area (Å²) in [6.45, 7) is 19.4. The number of rotatable bonds is 7. The Hall–Kier alpha value is -4.06. The number of hydrogen-bond acceptors (Lipinski definition) is 4. The molecule has 2 aromatic heterocycles. The van der Waals surface area contributed by atoms with Crippen LogP contribution in [0.2, 0.25) is 0 Å². The first kappa shape index (κ1) is 28.1. The number of carbonyl (C=O) groups excluding carboxylic acids is 2. The molecular weight excluding hydrogens is 520 g/mol. The minimum atomic E-state index is -0.156. The SMILES string of the molecule is C=Cc1c(C)c2n3c1=CC1=NC(=Cc4c(C)c(C=O)c(n4C3C)C(CC)=C3N=C(C=2)C(C)C3CCC=O)C(CC)=C1C. The fraction of sp³-hybridized carbons (Fsp3) is 0.389. The van der Waals surface area contributed by atoms with Crippen LogP contribution in [0.5, 0.6) is 0 Å². The number of aliphatic imine (C=N–C) groups is 2. The molecule has 0 aliphatic carbocycles. The Kier molecular flexibility index (Phi) is 6.91. The van der Waals surface area contributed by atoms with Crippen LogP contribution in [0, 0.1) is 25.7 Å². The van der Waals surface area contributed by atoms with E-state index >= 15 is 0 Å². The highest BCUT2D eigenvalue weighted by molar-refractivity contribution is 6.23. The smallest absolute Gasteiger partial charge is 0.152 e. The second-order valence-electron chi connectivity index (χ2n) is 11.9. The normalized spacial score (nSPS) is 22.3. The van der Waals surface area contributed by atoms with Gasteiger partial charge in [0, 0.05) is 51.8 Å². The van der Waals surface area contributed by atoms with Crippen LogP contribution in [0.25, 0.3) is 29.9 Å². The van der Waals surface area contributed by atoms with Gasteiger partial charge in [-0.2, -0.15) is 0 Å². The van der Waals surface area contributed by atoms with Gasteiger partial charge in [0.1, 0.15) is 12.5 Å². The molecule has 2 aromatic rings. The monoisotopic (exact) mass is 560 g/mol. The van der Waals surface area contributed by atoms with E-state index < -0.39 is 0 Å². The Morgan fingerprint density at radius 3 is 2.29 bits per heavy atom. The predicted molar refractivity (Wildman–Crippen MR) is 173 cm³/mol. The van der Waals surface area contributed by atoms with Gasteiger partial charge in [0.25, 0.3) is 0 Å². The van der Waals surface area contributed by atoms with Crippen LogP contribution in [0.3, 0.4) is 0 Å². The van der Waals surface area contributed by atoms with Gasteiger partial charge < -0.3 is 13.9 Å². The largest absolute Gasteiger partial charge is 0.319 e. The van der Waals surface area contributed by atoms with Crippen LogP contribution in [-0.2, 0) is 4.79 Å². The van der Waals surface area contributed by atoms with Gasteiger partial charge in [-0.15, -0.1) is 0 Å². The number of nitrogens with zero attached hydrogens (tertiary/aromatic N) is 4. The van der Waals surface area contributed by atoms with Crippen molar-refractivity contribution in [3.8, 4) is 0 Å². The van der Waals surface area contributed by atoms with Crippen molar-refractivity contribution in [3.63, 3.8) is 0 Å². The Morgan fingerprint density at radius 1 is 0.905 bits per heavy atom. The van der Waals surface area contributed by atoms with E-state index in [-0.39, 0.29) is 18.0 Å². The first-order valence-electron chi connectivity index (χ1n) is 15.2. The van der Waals surface area contributed by atoms with Gasteiger partial charge in [-0.05, 0) is 93.0 Å². The van der Waals surface area contributed by atoms with Gasteiger partial charge in [-0.25, -0.2) is 4.99 Å². The molecule has 6 bridgehead atoms. The molecule has 216 valence electrons. The number of hydrogen-bond donors (Lipinski definition) is 0. The molecule has 6 rings (SSSR count). The molecule has 6 heteroatoms. The lowest BCUT2D eigenvalue weighted by molar-refractivity contribution is -0.108. The predicted octanol–water partition coefficient (Wildman–Crippen LogP) is 6.35. The first-order valence-corrected chi connectivity index (χ1v) is 15.2. The summed E-state index contributed by atoms with van der Waals surface area (Å²) in [4.78, 5) is 35.0. The van der Waals surface area contributed by atoms with Crippen molar-refractivity contribution in [2.24, 2.45) is 21.8 Å². The average Bonchev–Trinajstić information content (AvgIpc) is 3.62. The summed E-state index contributed by atoms with van der Waals surface area (Å²) in [7, 11) is 0. The molecule has 6 nitrogen and oxygen atoms in total. The van der Waals surface area contributed by atoms with Crippen molar-refractivity contribution < 1.29 is 9.59 Å². The quantitative estimate of drug-likeness (QED) is 0.371. The lowest BCUT2D eigenvalue weighted by atomic mass is 9.84. The fourth-order valence-corrected chi connectivity index (χ4v) is 7.69. The molecular formula is C36H40N4O2. The molecule has 4 aliphatic heterocycles. The fourth-order valence-electron chi connectivity index (χ4n) is 7.69. The second-order valence-corrected chi connectivity index (χ2v) is 11.9. The molecule has 6 heterocycles. The Balaban J connectivity index is 1.89. The van der Waals surface area contributed by atoms with Crippen molar-refractivity contribution >= 4 is 53.9 Å². The number of allylic oxidation sites excluding steroid dienone is 4. The summed E-state index contributed by atoms with van der Waals surface area (Å²) in [5, 5.41) is 2.14. The van der Waals surface area contributed by atoms with E-state index in [0.717, 1.165) is 99.0 Å². The van der Waals surface area contributed by atoms with E-state index in [1.807, 2.05) is 6.08 Å². The summed E-state index contributed by atoms with van der Waals surface area (Å²) < 4.78 is 4.73. The molecule has 0 spiro atoms. The number of fused-ring (bicyclic) bond motifs is 2. The molecule has 0 radical (unpaired) electrons. The molecule has 0 saturated heterocycles. The van der Waals surface area contributed by atoms with Gasteiger partial charge in [-0.1, -0.05) is 33.4 Å². The molecule has 0 aromatic carbocycles. The number of carbonyl (C=O) groups is 2. The summed E-state index contributed by atoms with van der Waals surface area (Å²) >= 11 is 0. The zero-order valence-electron chi connectivity index (χ0n) is 25.8. The average molecular weight is 561 g/mol. The van der Waals surface area contributed by atoms with E-state index in [0.29, 0.717) is 12.0 Å². The standard InChI is InChI=1S/C36H40N4O2/c1-9-24-19(4)29-16-34-25(10-2)21(6)32-15-30-20(5)27(13-12-14-41)35(38-30)26(11-3)36-28(18-42)22(7)33(17-31(24)37-29)40(36)23(8)39(32)34/h10,14-18,20,23,27H,2,9,11-13H2,1,3-8H3. The Bertz CT molecular complexity index is 1860. The van der Waals surface area contributed by atoms with E-state index in [1.54, 1.807) is 0 Å². The maximum Gasteiger partial charge on any atom is 0.152 e. The van der Waals surface area contributed by atoms with Crippen LogP contribution in [0.4, 0.5) is 0 Å². The third-order valence-electron chi connectivity index (χ3n) is 9.98. The lowest BCUT2D eigenvalue weighted by Crippen LogP contribution is -2.36. The van der Waals surface area contributed by atoms with Gasteiger partial charge >= 0.3 is 0 Å². The van der Waals surface area contributed by atoms with Crippen LogP contribution in [0.1, 0.15) is 105 Å². The summed E-state index contributed by atoms with van der Waals surface area (Å²) in [6.07, 6.45) is 13.3. The Morgan fingerprint density at radius 2 is 1.64 bits per heavy atom. The minimum Gasteiger partial charge on any atom is -0.319 e. The van der Waals surface area contributed by atoms with Gasteiger partial charge in [0.2, 0.25) is 0 Å². The summed E-state index contributed by atoms with van der Waals surface area (Å²) in [5.74, 6) is 0.231. The van der Waals surface area contributed by atoms with Gasteiger partial charge in [0.15, 0.2) is 6.29 Å². The first-order chi connectivity index (χ1) is 20.2. The third kappa shape index (κ3) is 3.77. The Labute approximate surface area is 247 Å². The maximum absolute atomic E-state index is 13.0. The molecule has 0 N–H and O–H groups in total. The highest BCUT2D eigenvalue weighted by Gasteiger charge is 2.37. The van der Waals surface area contributed by atoms with Crippen LogP contribution < -0.4 is 10.7 Å². The van der Waals surface area contributed by atoms with Crippen LogP contribution >= 0.6 is 0 Å². The third-order valence-corrected chi connectivity index (χ3v) is 9.98. The van der Waals surface area contributed by atoms with Crippen molar-refractivity contribution in [2.45, 2.75) is 80.3 Å². The number of aromatic nitrogens is 2. The summed E-state index contributed by atoms with van der Waals surface area (Å²) in [5.41, 5.74) is 13.2. The second kappa shape index (κ2) is 10.3. The van der Waals surface area contributed by atoms with Crippen LogP contribution in [0.15, 0.2) is 39.1 Å².